The van der Waals surface area contributed by atoms with E-state index in [2.05, 4.69) is 42.3 Å². The van der Waals surface area contributed by atoms with Crippen molar-refractivity contribution >= 4 is 6.03 Å². The molecule has 1 atom stereocenters. The van der Waals surface area contributed by atoms with Crippen molar-refractivity contribution in [2.75, 3.05) is 7.05 Å². The first-order chi connectivity index (χ1) is 10.5. The van der Waals surface area contributed by atoms with Gasteiger partial charge in [0.1, 0.15) is 0 Å². The van der Waals surface area contributed by atoms with Crippen LogP contribution in [0.4, 0.5) is 4.79 Å². The van der Waals surface area contributed by atoms with E-state index in [1.807, 2.05) is 25.1 Å². The molecule has 0 aliphatic carbocycles. The smallest absolute Gasteiger partial charge is 0.317 e. The van der Waals surface area contributed by atoms with Crippen molar-refractivity contribution in [3.63, 3.8) is 0 Å². The van der Waals surface area contributed by atoms with Crippen LogP contribution in [0.25, 0.3) is 0 Å². The van der Waals surface area contributed by atoms with E-state index in [9.17, 15) is 4.79 Å². The summed E-state index contributed by atoms with van der Waals surface area (Å²) >= 11 is 0. The average Bonchev–Trinajstić information content (AvgIpc) is 2.50. The van der Waals surface area contributed by atoms with Gasteiger partial charge in [-0.2, -0.15) is 0 Å². The normalized spacial score (nSPS) is 11.8. The number of nitrogens with one attached hydrogen (secondary N) is 1. The Hall–Kier alpha value is -2.36. The van der Waals surface area contributed by atoms with Gasteiger partial charge in [0.25, 0.3) is 0 Å². The molecule has 2 aromatic rings. The van der Waals surface area contributed by atoms with Gasteiger partial charge in [-0.1, -0.05) is 29.8 Å². The fourth-order valence-electron chi connectivity index (χ4n) is 2.35. The van der Waals surface area contributed by atoms with Crippen LogP contribution >= 0.6 is 0 Å². The zero-order valence-electron chi connectivity index (χ0n) is 13.6. The summed E-state index contributed by atoms with van der Waals surface area (Å²) in [5.41, 5.74) is 4.46. The number of pyridine rings is 1. The summed E-state index contributed by atoms with van der Waals surface area (Å²) in [6.07, 6.45) is 1.73. The number of hydrogen-bond donors (Lipinski definition) is 1. The molecule has 1 aromatic carbocycles. The Morgan fingerprint density at radius 1 is 1.27 bits per heavy atom. The molecule has 0 saturated heterocycles. The summed E-state index contributed by atoms with van der Waals surface area (Å²) in [5, 5.41) is 2.97. The second-order valence-corrected chi connectivity index (χ2v) is 5.71. The molecule has 1 N–H and O–H groups in total. The van der Waals surface area contributed by atoms with E-state index in [4.69, 9.17) is 0 Å². The zero-order valence-corrected chi connectivity index (χ0v) is 13.6. The second kappa shape index (κ2) is 7.07. The maximum atomic E-state index is 12.3. The lowest BCUT2D eigenvalue weighted by molar-refractivity contribution is 0.203. The summed E-state index contributed by atoms with van der Waals surface area (Å²) in [7, 11) is 1.81. The fraction of sp³-hybridized carbons (Fsp3) is 0.333. The molecule has 22 heavy (non-hydrogen) atoms. The van der Waals surface area contributed by atoms with Gasteiger partial charge in [0.15, 0.2) is 0 Å². The lowest BCUT2D eigenvalue weighted by atomic mass is 10.1. The number of benzene rings is 1. The lowest BCUT2D eigenvalue weighted by Crippen LogP contribution is -2.38. The van der Waals surface area contributed by atoms with Crippen LogP contribution in [-0.4, -0.2) is 23.0 Å². The Morgan fingerprint density at radius 2 is 2.05 bits per heavy atom. The number of carbonyl (C=O) groups excluding carboxylic acids is 1. The first-order valence-corrected chi connectivity index (χ1v) is 7.46. The highest BCUT2D eigenvalue weighted by Crippen LogP contribution is 2.13. The predicted molar refractivity (Wildman–Crippen MR) is 88.6 cm³/mol. The van der Waals surface area contributed by atoms with Crippen LogP contribution in [0, 0.1) is 13.8 Å². The highest BCUT2D eigenvalue weighted by molar-refractivity contribution is 5.74. The number of rotatable bonds is 4. The number of aromatic nitrogens is 1. The van der Waals surface area contributed by atoms with Crippen LogP contribution in [0.15, 0.2) is 42.6 Å². The topological polar surface area (TPSA) is 45.2 Å². The number of urea groups is 1. The van der Waals surface area contributed by atoms with Gasteiger partial charge >= 0.3 is 6.03 Å². The van der Waals surface area contributed by atoms with E-state index in [0.29, 0.717) is 6.54 Å². The largest absolute Gasteiger partial charge is 0.330 e. The fourth-order valence-corrected chi connectivity index (χ4v) is 2.35. The summed E-state index contributed by atoms with van der Waals surface area (Å²) in [6.45, 7) is 6.67. The summed E-state index contributed by atoms with van der Waals surface area (Å²) in [6, 6.07) is 11.8. The minimum Gasteiger partial charge on any atom is -0.330 e. The molecule has 116 valence electrons. The third-order valence-electron chi connectivity index (χ3n) is 3.72. The van der Waals surface area contributed by atoms with Crippen molar-refractivity contribution in [3.05, 3.63) is 65.0 Å². The summed E-state index contributed by atoms with van der Waals surface area (Å²) in [4.78, 5) is 18.3. The molecule has 1 aromatic heterocycles. The van der Waals surface area contributed by atoms with E-state index >= 15 is 0 Å². The first-order valence-electron chi connectivity index (χ1n) is 7.46. The molecule has 0 aliphatic rings. The molecule has 0 radical (unpaired) electrons. The van der Waals surface area contributed by atoms with Crippen molar-refractivity contribution in [1.82, 2.24) is 15.2 Å². The van der Waals surface area contributed by atoms with E-state index in [1.54, 1.807) is 18.1 Å². The quantitative estimate of drug-likeness (QED) is 0.937. The van der Waals surface area contributed by atoms with Crippen LogP contribution in [-0.2, 0) is 6.54 Å². The van der Waals surface area contributed by atoms with E-state index in [-0.39, 0.29) is 12.1 Å². The van der Waals surface area contributed by atoms with Gasteiger partial charge in [0.05, 0.1) is 11.7 Å². The summed E-state index contributed by atoms with van der Waals surface area (Å²) in [5.74, 6) is 0. The van der Waals surface area contributed by atoms with Crippen molar-refractivity contribution < 1.29 is 4.79 Å². The van der Waals surface area contributed by atoms with Crippen LogP contribution < -0.4 is 5.32 Å². The Kier molecular flexibility index (Phi) is 5.15. The first kappa shape index (κ1) is 16.0. The van der Waals surface area contributed by atoms with Gasteiger partial charge in [0.2, 0.25) is 0 Å². The van der Waals surface area contributed by atoms with Gasteiger partial charge in [-0.15, -0.1) is 0 Å². The highest BCUT2D eigenvalue weighted by Gasteiger charge is 2.14. The number of hydrogen-bond acceptors (Lipinski definition) is 2. The Balaban J connectivity index is 1.97. The Bertz CT molecular complexity index is 640. The van der Waals surface area contributed by atoms with E-state index < -0.39 is 0 Å². The van der Waals surface area contributed by atoms with Crippen LogP contribution in [0.2, 0.25) is 0 Å². The van der Waals surface area contributed by atoms with Gasteiger partial charge in [-0.05, 0) is 44.0 Å². The Morgan fingerprint density at radius 3 is 2.68 bits per heavy atom. The van der Waals surface area contributed by atoms with Gasteiger partial charge in [-0.25, -0.2) is 4.79 Å². The second-order valence-electron chi connectivity index (χ2n) is 5.71. The lowest BCUT2D eigenvalue weighted by Gasteiger charge is -2.22. The maximum absolute atomic E-state index is 12.3. The number of amides is 2. The van der Waals surface area contributed by atoms with Crippen LogP contribution in [0.1, 0.15) is 35.3 Å². The monoisotopic (exact) mass is 297 g/mol. The van der Waals surface area contributed by atoms with Crippen molar-refractivity contribution in [2.24, 2.45) is 0 Å². The van der Waals surface area contributed by atoms with Crippen molar-refractivity contribution in [3.8, 4) is 0 Å². The third-order valence-corrected chi connectivity index (χ3v) is 3.72. The van der Waals surface area contributed by atoms with Crippen molar-refractivity contribution in [1.29, 1.82) is 0 Å². The molecule has 0 aliphatic heterocycles. The average molecular weight is 297 g/mol. The molecule has 4 heteroatoms. The Labute approximate surface area is 132 Å². The van der Waals surface area contributed by atoms with E-state index in [0.717, 1.165) is 11.3 Å². The number of carbonyl (C=O) groups is 1. The molecule has 1 heterocycles. The number of aryl methyl sites for hydroxylation is 2. The molecule has 2 rings (SSSR count). The minimum absolute atomic E-state index is 0.0990. The molecule has 0 saturated carbocycles. The predicted octanol–water partition coefficient (Wildman–Crippen LogP) is 3.60. The molecule has 0 spiro atoms. The third kappa shape index (κ3) is 4.07. The SMILES string of the molecule is Cc1ccc(CN(C)C(=O)N[C@H](C)c2ccccn2)c(C)c1. The molecule has 0 bridgehead atoms. The molecular formula is C18H23N3O. The molecule has 4 nitrogen and oxygen atoms in total. The van der Waals surface area contributed by atoms with Gasteiger partial charge in [-0.3, -0.25) is 4.98 Å². The zero-order chi connectivity index (χ0) is 16.1. The molecular weight excluding hydrogens is 274 g/mol. The molecule has 0 unspecified atom stereocenters. The standard InChI is InChI=1S/C18H23N3O/c1-13-8-9-16(14(2)11-13)12-21(4)18(22)20-15(3)17-7-5-6-10-19-17/h5-11,15H,12H2,1-4H3,(H,20,22)/t15-/m1/s1. The van der Waals surface area contributed by atoms with Gasteiger partial charge in [0, 0.05) is 19.8 Å². The minimum atomic E-state index is -0.115. The summed E-state index contributed by atoms with van der Waals surface area (Å²) < 4.78 is 0. The molecule has 2 amide bonds. The van der Waals surface area contributed by atoms with Gasteiger partial charge < -0.3 is 10.2 Å². The van der Waals surface area contributed by atoms with Crippen molar-refractivity contribution in [2.45, 2.75) is 33.4 Å². The van der Waals surface area contributed by atoms with E-state index in [1.165, 1.54) is 11.1 Å². The number of nitrogens with zero attached hydrogens (tertiary/aromatic N) is 2. The maximum Gasteiger partial charge on any atom is 0.317 e. The van der Waals surface area contributed by atoms with Crippen LogP contribution in [0.3, 0.4) is 0 Å². The highest BCUT2D eigenvalue weighted by atomic mass is 16.2. The molecule has 0 fully saturated rings. The van der Waals surface area contributed by atoms with Crippen LogP contribution in [0.5, 0.6) is 0 Å².